The van der Waals surface area contributed by atoms with Crippen LogP contribution in [0.4, 0.5) is 0 Å². The first-order valence-electron chi connectivity index (χ1n) is 7.64. The summed E-state index contributed by atoms with van der Waals surface area (Å²) < 4.78 is 25.0. The lowest BCUT2D eigenvalue weighted by Crippen LogP contribution is -2.40. The molecule has 1 aromatic carbocycles. The van der Waals surface area contributed by atoms with Gasteiger partial charge in [0.1, 0.15) is 6.61 Å². The van der Waals surface area contributed by atoms with Crippen molar-refractivity contribution in [3.05, 3.63) is 62.3 Å². The van der Waals surface area contributed by atoms with Gasteiger partial charge >= 0.3 is 5.69 Å². The monoisotopic (exact) mass is 350 g/mol. The van der Waals surface area contributed by atoms with Gasteiger partial charge in [0.2, 0.25) is 0 Å². The number of nitrogens with zero attached hydrogens (tertiary/aromatic N) is 1. The summed E-state index contributed by atoms with van der Waals surface area (Å²) in [6, 6.07) is 9.47. The highest BCUT2D eigenvalue weighted by molar-refractivity contribution is 7.90. The van der Waals surface area contributed by atoms with Crippen molar-refractivity contribution < 1.29 is 13.3 Å². The molecule has 0 aliphatic heterocycles. The van der Waals surface area contributed by atoms with Crippen molar-refractivity contribution in [3.8, 4) is 0 Å². The average molecular weight is 350 g/mol. The van der Waals surface area contributed by atoms with Crippen molar-refractivity contribution in [2.45, 2.75) is 30.2 Å². The van der Waals surface area contributed by atoms with Gasteiger partial charge in [0, 0.05) is 12.7 Å². The Kier molecular flexibility index (Phi) is 4.31. The summed E-state index contributed by atoms with van der Waals surface area (Å²) in [6.07, 6.45) is 2.94. The fourth-order valence-corrected chi connectivity index (χ4v) is 3.71. The first-order valence-corrected chi connectivity index (χ1v) is 9.53. The number of benzene rings is 1. The Morgan fingerprint density at radius 1 is 1.21 bits per heavy atom. The summed E-state index contributed by atoms with van der Waals surface area (Å²) >= 11 is 0. The van der Waals surface area contributed by atoms with E-state index >= 15 is 0 Å². The maximum Gasteiger partial charge on any atom is 0.362 e. The Morgan fingerprint density at radius 2 is 1.88 bits per heavy atom. The lowest BCUT2D eigenvalue weighted by Gasteiger charge is -2.15. The maximum absolute atomic E-state index is 12.2. The molecule has 1 saturated carbocycles. The normalized spacial score (nSPS) is 14.5. The molecule has 1 aliphatic carbocycles. The van der Waals surface area contributed by atoms with E-state index in [1.807, 2.05) is 30.3 Å². The van der Waals surface area contributed by atoms with E-state index in [0.717, 1.165) is 24.7 Å². The number of hydrogen-bond donors (Lipinski definition) is 1. The van der Waals surface area contributed by atoms with Gasteiger partial charge in [-0.3, -0.25) is 9.78 Å². The molecule has 2 aromatic rings. The van der Waals surface area contributed by atoms with Crippen LogP contribution in [0, 0.1) is 0 Å². The van der Waals surface area contributed by atoms with Gasteiger partial charge in [-0.1, -0.05) is 30.3 Å². The zero-order chi connectivity index (χ0) is 17.3. The SMILES string of the molecule is CS(=O)(=O)c1c(C2CC2)c(=O)[nH]c(=O)n1OCCc1ccccc1. The van der Waals surface area contributed by atoms with Crippen LogP contribution in [0.3, 0.4) is 0 Å². The Morgan fingerprint density at radius 3 is 2.46 bits per heavy atom. The second-order valence-electron chi connectivity index (χ2n) is 5.89. The summed E-state index contributed by atoms with van der Waals surface area (Å²) in [7, 11) is -3.79. The molecule has 128 valence electrons. The highest BCUT2D eigenvalue weighted by Gasteiger charge is 2.35. The van der Waals surface area contributed by atoms with Gasteiger partial charge in [0.05, 0.1) is 5.56 Å². The van der Waals surface area contributed by atoms with Gasteiger partial charge < -0.3 is 4.84 Å². The minimum Gasteiger partial charge on any atom is -0.408 e. The molecule has 7 nitrogen and oxygen atoms in total. The van der Waals surface area contributed by atoms with E-state index in [-0.39, 0.29) is 23.1 Å². The lowest BCUT2D eigenvalue weighted by molar-refractivity contribution is 0.0794. The first kappa shape index (κ1) is 16.5. The van der Waals surface area contributed by atoms with Gasteiger partial charge in [0.15, 0.2) is 14.9 Å². The minimum atomic E-state index is -3.79. The van der Waals surface area contributed by atoms with Crippen molar-refractivity contribution >= 4 is 9.84 Å². The number of rotatable bonds is 6. The molecule has 8 heteroatoms. The highest BCUT2D eigenvalue weighted by atomic mass is 32.2. The molecule has 1 aromatic heterocycles. The fraction of sp³-hybridized carbons (Fsp3) is 0.375. The van der Waals surface area contributed by atoms with Crippen LogP contribution in [0.5, 0.6) is 0 Å². The molecular weight excluding hydrogens is 332 g/mol. The molecule has 24 heavy (non-hydrogen) atoms. The quantitative estimate of drug-likeness (QED) is 0.765. The zero-order valence-electron chi connectivity index (χ0n) is 13.2. The van der Waals surface area contributed by atoms with E-state index in [4.69, 9.17) is 4.84 Å². The lowest BCUT2D eigenvalue weighted by atomic mass is 10.2. The predicted octanol–water partition coefficient (Wildman–Crippen LogP) is 0.489. The number of aromatic amines is 1. The first-order chi connectivity index (χ1) is 11.4. The molecular formula is C16H18N2O5S. The van der Waals surface area contributed by atoms with E-state index < -0.39 is 21.1 Å². The molecule has 0 amide bonds. The molecule has 0 bridgehead atoms. The fourth-order valence-electron chi connectivity index (χ4n) is 2.61. The summed E-state index contributed by atoms with van der Waals surface area (Å²) in [6.45, 7) is 0.114. The second-order valence-corrected chi connectivity index (χ2v) is 7.82. The topological polar surface area (TPSA) is 98.2 Å². The van der Waals surface area contributed by atoms with E-state index in [1.54, 1.807) is 0 Å². The van der Waals surface area contributed by atoms with Gasteiger partial charge in [-0.05, 0) is 24.3 Å². The van der Waals surface area contributed by atoms with Crippen LogP contribution in [0.25, 0.3) is 0 Å². The Balaban J connectivity index is 1.96. The molecule has 1 aliphatic rings. The summed E-state index contributed by atoms with van der Waals surface area (Å²) in [5, 5.41) is -0.327. The standard InChI is InChI=1S/C16H18N2O5S/c1-24(21,22)15-13(12-7-8-12)14(19)17-16(20)18(15)23-10-9-11-5-3-2-4-6-11/h2-6,12H,7-10H2,1H3,(H,17,19,20). The van der Waals surface area contributed by atoms with Crippen LogP contribution in [0.15, 0.2) is 44.9 Å². The Labute approximate surface area is 138 Å². The molecule has 0 saturated heterocycles. The largest absolute Gasteiger partial charge is 0.408 e. The van der Waals surface area contributed by atoms with Crippen molar-refractivity contribution in [3.63, 3.8) is 0 Å². The molecule has 0 spiro atoms. The Hall–Kier alpha value is -2.35. The van der Waals surface area contributed by atoms with E-state index in [1.165, 1.54) is 0 Å². The van der Waals surface area contributed by atoms with Crippen molar-refractivity contribution in [2.75, 3.05) is 12.9 Å². The zero-order valence-corrected chi connectivity index (χ0v) is 14.0. The third-order valence-corrected chi connectivity index (χ3v) is 4.94. The van der Waals surface area contributed by atoms with Crippen LogP contribution in [-0.2, 0) is 16.3 Å². The van der Waals surface area contributed by atoms with Gasteiger partial charge in [-0.15, -0.1) is 4.73 Å². The number of sulfone groups is 1. The number of aromatic nitrogens is 2. The molecule has 1 N–H and O–H groups in total. The molecule has 0 radical (unpaired) electrons. The molecule has 0 atom stereocenters. The number of hydrogen-bond acceptors (Lipinski definition) is 5. The van der Waals surface area contributed by atoms with Gasteiger partial charge in [-0.2, -0.15) is 0 Å². The summed E-state index contributed by atoms with van der Waals surface area (Å²) in [5.41, 5.74) is -0.404. The van der Waals surface area contributed by atoms with E-state index in [0.29, 0.717) is 11.2 Å². The summed E-state index contributed by atoms with van der Waals surface area (Å²) in [4.78, 5) is 31.7. The second kappa shape index (κ2) is 6.27. The van der Waals surface area contributed by atoms with Gasteiger partial charge in [-0.25, -0.2) is 13.2 Å². The van der Waals surface area contributed by atoms with Crippen LogP contribution >= 0.6 is 0 Å². The predicted molar refractivity (Wildman–Crippen MR) is 88.0 cm³/mol. The number of nitrogens with one attached hydrogen (secondary N) is 1. The Bertz CT molecular complexity index is 956. The smallest absolute Gasteiger partial charge is 0.362 e. The molecule has 0 unspecified atom stereocenters. The van der Waals surface area contributed by atoms with Crippen LogP contribution < -0.4 is 16.1 Å². The number of H-pyrrole nitrogens is 1. The summed E-state index contributed by atoms with van der Waals surface area (Å²) in [5.74, 6) is -0.136. The van der Waals surface area contributed by atoms with Crippen molar-refractivity contribution in [1.82, 2.24) is 9.71 Å². The van der Waals surface area contributed by atoms with Crippen molar-refractivity contribution in [1.29, 1.82) is 0 Å². The van der Waals surface area contributed by atoms with E-state index in [9.17, 15) is 18.0 Å². The molecule has 1 fully saturated rings. The maximum atomic E-state index is 12.2. The van der Waals surface area contributed by atoms with E-state index in [2.05, 4.69) is 4.98 Å². The minimum absolute atomic E-state index is 0.114. The van der Waals surface area contributed by atoms with Gasteiger partial charge in [0.25, 0.3) is 5.56 Å². The van der Waals surface area contributed by atoms with Crippen LogP contribution in [0.2, 0.25) is 0 Å². The molecule has 3 rings (SSSR count). The highest BCUT2D eigenvalue weighted by Crippen LogP contribution is 2.40. The van der Waals surface area contributed by atoms with Crippen molar-refractivity contribution in [2.24, 2.45) is 0 Å². The third kappa shape index (κ3) is 3.43. The van der Waals surface area contributed by atoms with Crippen LogP contribution in [0.1, 0.15) is 29.9 Å². The average Bonchev–Trinajstić information content (AvgIpc) is 3.33. The third-order valence-electron chi connectivity index (χ3n) is 3.86. The van der Waals surface area contributed by atoms with Crippen LogP contribution in [-0.4, -0.2) is 31.0 Å². The molecule has 1 heterocycles.